The first kappa shape index (κ1) is 13.8. The number of rotatable bonds is 6. The van der Waals surface area contributed by atoms with Crippen LogP contribution in [0.25, 0.3) is 0 Å². The van der Waals surface area contributed by atoms with E-state index in [4.69, 9.17) is 4.74 Å². The van der Waals surface area contributed by atoms with Crippen molar-refractivity contribution in [3.63, 3.8) is 0 Å². The lowest BCUT2D eigenvalue weighted by Crippen LogP contribution is -2.35. The van der Waals surface area contributed by atoms with Crippen LogP contribution < -0.4 is 10.1 Å². The highest BCUT2D eigenvalue weighted by molar-refractivity contribution is 5.41. The van der Waals surface area contributed by atoms with Gasteiger partial charge in [0.1, 0.15) is 0 Å². The van der Waals surface area contributed by atoms with Crippen molar-refractivity contribution in [2.24, 2.45) is 0 Å². The molecule has 4 nitrogen and oxygen atoms in total. The summed E-state index contributed by atoms with van der Waals surface area (Å²) in [7, 11) is 5.67. The molecular formula is C13H22N2O2. The van der Waals surface area contributed by atoms with Crippen molar-refractivity contribution in [1.82, 2.24) is 10.2 Å². The summed E-state index contributed by atoms with van der Waals surface area (Å²) in [6.45, 7) is 3.92. The van der Waals surface area contributed by atoms with Crippen LogP contribution in [-0.2, 0) is 6.54 Å². The Balaban J connectivity index is 2.52. The van der Waals surface area contributed by atoms with E-state index in [2.05, 4.69) is 31.2 Å². The van der Waals surface area contributed by atoms with Crippen LogP contribution in [0.3, 0.4) is 0 Å². The summed E-state index contributed by atoms with van der Waals surface area (Å²) in [5.74, 6) is 0.696. The molecule has 2 N–H and O–H groups in total. The second kappa shape index (κ2) is 6.47. The zero-order valence-corrected chi connectivity index (χ0v) is 11.0. The van der Waals surface area contributed by atoms with E-state index in [-0.39, 0.29) is 5.75 Å². The zero-order chi connectivity index (χ0) is 12.8. The molecular weight excluding hydrogens is 216 g/mol. The van der Waals surface area contributed by atoms with Crippen molar-refractivity contribution >= 4 is 0 Å². The number of nitrogens with zero attached hydrogens (tertiary/aromatic N) is 1. The number of likely N-dealkylation sites (N-methyl/N-ethyl adjacent to an activating group) is 1. The molecule has 0 amide bonds. The van der Waals surface area contributed by atoms with Gasteiger partial charge >= 0.3 is 0 Å². The summed E-state index contributed by atoms with van der Waals surface area (Å²) < 4.78 is 5.07. The van der Waals surface area contributed by atoms with E-state index in [1.807, 2.05) is 12.1 Å². The van der Waals surface area contributed by atoms with Crippen LogP contribution in [0.5, 0.6) is 11.5 Å². The second-order valence-corrected chi connectivity index (χ2v) is 4.55. The molecule has 1 atom stereocenters. The number of methoxy groups -OCH3 is 1. The molecule has 1 rings (SSSR count). The molecule has 0 fully saturated rings. The highest BCUT2D eigenvalue weighted by atomic mass is 16.5. The number of ether oxygens (including phenoxy) is 1. The number of benzene rings is 1. The lowest BCUT2D eigenvalue weighted by Gasteiger charge is -2.18. The van der Waals surface area contributed by atoms with Gasteiger partial charge in [0.05, 0.1) is 7.11 Å². The number of hydrogen-bond acceptors (Lipinski definition) is 4. The van der Waals surface area contributed by atoms with Gasteiger partial charge in [0.15, 0.2) is 11.5 Å². The number of phenolic OH excluding ortho intramolecular Hbond substituents is 1. The van der Waals surface area contributed by atoms with Gasteiger partial charge in [-0.05, 0) is 38.7 Å². The van der Waals surface area contributed by atoms with E-state index >= 15 is 0 Å². The molecule has 0 bridgehead atoms. The summed E-state index contributed by atoms with van der Waals surface area (Å²) >= 11 is 0. The summed E-state index contributed by atoms with van der Waals surface area (Å²) in [5.41, 5.74) is 1.10. The normalized spacial score (nSPS) is 12.8. The molecule has 1 aromatic carbocycles. The smallest absolute Gasteiger partial charge is 0.160 e. The van der Waals surface area contributed by atoms with E-state index in [9.17, 15) is 5.11 Å². The molecule has 1 unspecified atom stereocenters. The fourth-order valence-electron chi connectivity index (χ4n) is 1.74. The van der Waals surface area contributed by atoms with Gasteiger partial charge in [-0.2, -0.15) is 0 Å². The van der Waals surface area contributed by atoms with Crippen LogP contribution in [-0.4, -0.2) is 43.8 Å². The lowest BCUT2D eigenvalue weighted by molar-refractivity contribution is 0.348. The van der Waals surface area contributed by atoms with Gasteiger partial charge in [0.25, 0.3) is 0 Å². The van der Waals surface area contributed by atoms with E-state index in [1.54, 1.807) is 13.2 Å². The van der Waals surface area contributed by atoms with Crippen molar-refractivity contribution in [1.29, 1.82) is 0 Å². The molecule has 0 aliphatic rings. The fourth-order valence-corrected chi connectivity index (χ4v) is 1.74. The van der Waals surface area contributed by atoms with Crippen LogP contribution >= 0.6 is 0 Å². The fraction of sp³-hybridized carbons (Fsp3) is 0.538. The van der Waals surface area contributed by atoms with Gasteiger partial charge in [-0.3, -0.25) is 0 Å². The maximum atomic E-state index is 9.48. The van der Waals surface area contributed by atoms with Crippen LogP contribution in [0.4, 0.5) is 0 Å². The Bertz CT molecular complexity index is 353. The maximum absolute atomic E-state index is 9.48. The largest absolute Gasteiger partial charge is 0.504 e. The van der Waals surface area contributed by atoms with Gasteiger partial charge in [-0.1, -0.05) is 6.07 Å². The van der Waals surface area contributed by atoms with Gasteiger partial charge in [-0.15, -0.1) is 0 Å². The van der Waals surface area contributed by atoms with Gasteiger partial charge < -0.3 is 20.1 Å². The first-order valence-corrected chi connectivity index (χ1v) is 5.77. The molecule has 0 saturated carbocycles. The molecule has 0 spiro atoms. The van der Waals surface area contributed by atoms with Crippen molar-refractivity contribution in [3.05, 3.63) is 23.8 Å². The minimum absolute atomic E-state index is 0.178. The van der Waals surface area contributed by atoms with Gasteiger partial charge in [-0.25, -0.2) is 0 Å². The summed E-state index contributed by atoms with van der Waals surface area (Å²) in [4.78, 5) is 2.15. The molecule has 0 aliphatic heterocycles. The summed E-state index contributed by atoms with van der Waals surface area (Å²) in [6, 6.07) is 5.83. The number of nitrogens with one attached hydrogen (secondary N) is 1. The molecule has 0 radical (unpaired) electrons. The summed E-state index contributed by atoms with van der Waals surface area (Å²) in [6.07, 6.45) is 0. The zero-order valence-electron chi connectivity index (χ0n) is 11.0. The number of hydrogen-bond donors (Lipinski definition) is 2. The number of aromatic hydroxyl groups is 1. The van der Waals surface area contributed by atoms with Crippen LogP contribution in [0.2, 0.25) is 0 Å². The first-order chi connectivity index (χ1) is 8.02. The van der Waals surface area contributed by atoms with Crippen molar-refractivity contribution in [2.75, 3.05) is 27.7 Å². The Labute approximate surface area is 103 Å². The second-order valence-electron chi connectivity index (χ2n) is 4.55. The molecule has 1 aromatic rings. The molecule has 96 valence electrons. The van der Waals surface area contributed by atoms with Crippen LogP contribution in [0.1, 0.15) is 12.5 Å². The van der Waals surface area contributed by atoms with Crippen LogP contribution in [0, 0.1) is 0 Å². The molecule has 4 heteroatoms. The van der Waals surface area contributed by atoms with E-state index in [0.29, 0.717) is 11.8 Å². The van der Waals surface area contributed by atoms with Crippen molar-refractivity contribution in [3.8, 4) is 11.5 Å². The Morgan fingerprint density at radius 1 is 1.41 bits per heavy atom. The molecule has 0 saturated heterocycles. The Morgan fingerprint density at radius 3 is 2.71 bits per heavy atom. The number of phenols is 1. The average Bonchev–Trinajstić information content (AvgIpc) is 2.27. The summed E-state index contributed by atoms with van der Waals surface area (Å²) in [5, 5.41) is 12.9. The highest BCUT2D eigenvalue weighted by Crippen LogP contribution is 2.26. The average molecular weight is 238 g/mol. The monoisotopic (exact) mass is 238 g/mol. The predicted octanol–water partition coefficient (Wildman–Crippen LogP) is 1.44. The van der Waals surface area contributed by atoms with Crippen molar-refractivity contribution in [2.45, 2.75) is 19.5 Å². The van der Waals surface area contributed by atoms with Gasteiger partial charge in [0.2, 0.25) is 0 Å². The topological polar surface area (TPSA) is 44.7 Å². The third-order valence-electron chi connectivity index (χ3n) is 2.54. The van der Waals surface area contributed by atoms with Crippen molar-refractivity contribution < 1.29 is 9.84 Å². The molecule has 0 aliphatic carbocycles. The van der Waals surface area contributed by atoms with E-state index in [0.717, 1.165) is 18.7 Å². The highest BCUT2D eigenvalue weighted by Gasteiger charge is 2.05. The molecule has 0 heterocycles. The SMILES string of the molecule is COc1cc(CNC(C)CN(C)C)ccc1O. The predicted molar refractivity (Wildman–Crippen MR) is 69.5 cm³/mol. The lowest BCUT2D eigenvalue weighted by atomic mass is 10.2. The Hall–Kier alpha value is -1.26. The quantitative estimate of drug-likeness (QED) is 0.787. The van der Waals surface area contributed by atoms with Crippen LogP contribution in [0.15, 0.2) is 18.2 Å². The Kier molecular flexibility index (Phi) is 5.25. The first-order valence-electron chi connectivity index (χ1n) is 5.77. The third kappa shape index (κ3) is 4.63. The maximum Gasteiger partial charge on any atom is 0.160 e. The van der Waals surface area contributed by atoms with E-state index < -0.39 is 0 Å². The van der Waals surface area contributed by atoms with Gasteiger partial charge in [0, 0.05) is 19.1 Å². The third-order valence-corrected chi connectivity index (χ3v) is 2.54. The Morgan fingerprint density at radius 2 is 2.12 bits per heavy atom. The molecule has 0 aromatic heterocycles. The molecule has 17 heavy (non-hydrogen) atoms. The minimum atomic E-state index is 0.178. The van der Waals surface area contributed by atoms with E-state index in [1.165, 1.54) is 0 Å². The standard InChI is InChI=1S/C13H22N2O2/c1-10(9-15(2)3)14-8-11-5-6-12(16)13(7-11)17-4/h5-7,10,14,16H,8-9H2,1-4H3. The minimum Gasteiger partial charge on any atom is -0.504 e.